The molecule has 2 aromatic rings. The van der Waals surface area contributed by atoms with Crippen molar-refractivity contribution in [3.63, 3.8) is 0 Å². The Labute approximate surface area is 197 Å². The van der Waals surface area contributed by atoms with Gasteiger partial charge in [0.2, 0.25) is 0 Å². The van der Waals surface area contributed by atoms with Gasteiger partial charge in [-0.3, -0.25) is 14.8 Å². The number of ether oxygens (including phenoxy) is 2. The van der Waals surface area contributed by atoms with Gasteiger partial charge in [0.15, 0.2) is 17.3 Å². The van der Waals surface area contributed by atoms with Crippen molar-refractivity contribution in [3.05, 3.63) is 46.6 Å². The number of urea groups is 1. The lowest BCUT2D eigenvalue weighted by Gasteiger charge is -2.36. The lowest BCUT2D eigenvalue weighted by Crippen LogP contribution is -2.51. The average molecular weight is 471 g/mol. The molecule has 174 valence electrons. The number of benzene rings is 1. The number of anilines is 2. The van der Waals surface area contributed by atoms with E-state index in [1.54, 1.807) is 16.9 Å². The van der Waals surface area contributed by atoms with Crippen molar-refractivity contribution in [2.45, 2.75) is 32.0 Å². The zero-order valence-corrected chi connectivity index (χ0v) is 19.7. The summed E-state index contributed by atoms with van der Waals surface area (Å²) in [7, 11) is 1.66. The highest BCUT2D eigenvalue weighted by Crippen LogP contribution is 2.36. The van der Waals surface area contributed by atoms with E-state index in [4.69, 9.17) is 26.1 Å². The largest absolute Gasteiger partial charge is 0.378 e. The quantitative estimate of drug-likeness (QED) is 0.668. The first-order valence-electron chi connectivity index (χ1n) is 11.0. The van der Waals surface area contributed by atoms with E-state index in [2.05, 4.69) is 15.1 Å². The van der Waals surface area contributed by atoms with Gasteiger partial charge in [0.25, 0.3) is 0 Å². The highest BCUT2D eigenvalue weighted by Gasteiger charge is 2.45. The van der Waals surface area contributed by atoms with Gasteiger partial charge in [-0.2, -0.15) is 0 Å². The molecule has 3 aliphatic heterocycles. The Bertz CT molecular complexity index is 1080. The number of aromatic nitrogens is 2. The molecule has 2 amide bonds. The van der Waals surface area contributed by atoms with E-state index in [-0.39, 0.29) is 12.1 Å². The summed E-state index contributed by atoms with van der Waals surface area (Å²) >= 11 is 6.07. The number of aliphatic imine (C=N–C) groups is 1. The molecule has 1 atom stereocenters. The highest BCUT2D eigenvalue weighted by molar-refractivity contribution is 6.30. The zero-order chi connectivity index (χ0) is 23.2. The smallest absolute Gasteiger partial charge is 0.330 e. The summed E-state index contributed by atoms with van der Waals surface area (Å²) in [4.78, 5) is 24.1. The van der Waals surface area contributed by atoms with Crippen LogP contribution in [0.3, 0.4) is 0 Å². The van der Waals surface area contributed by atoms with Crippen LogP contribution in [0.4, 0.5) is 16.3 Å². The third-order valence-electron chi connectivity index (χ3n) is 6.53. The molecule has 10 heteroatoms. The number of carbonyl (C=O) groups is 1. The molecule has 1 fully saturated rings. The van der Waals surface area contributed by atoms with Crippen LogP contribution in [0.25, 0.3) is 0 Å². The maximum absolute atomic E-state index is 13.7. The van der Waals surface area contributed by atoms with Gasteiger partial charge in [-0.25, -0.2) is 4.79 Å². The number of fused-ring (bicyclic) bond motifs is 3. The first-order valence-corrected chi connectivity index (χ1v) is 11.4. The van der Waals surface area contributed by atoms with Crippen LogP contribution < -0.4 is 9.80 Å². The standard InChI is InChI=1S/C23H27ClN6O3/c1-23(2,32-3)18-14-30-21(25-18)20-17(12-19(26-27-20)28-8-10-33-11-9-28)29(22(30)31)13-15-4-6-16(24)7-5-15/h4-7,12,18H,8-11,13-14H2,1-3H3. The average Bonchev–Trinajstić information content (AvgIpc) is 3.30. The fourth-order valence-electron chi connectivity index (χ4n) is 4.24. The Morgan fingerprint density at radius 2 is 1.91 bits per heavy atom. The van der Waals surface area contributed by atoms with Crippen molar-refractivity contribution in [3.8, 4) is 0 Å². The van der Waals surface area contributed by atoms with Gasteiger partial charge in [-0.1, -0.05) is 23.7 Å². The second-order valence-corrected chi connectivity index (χ2v) is 9.35. The van der Waals surface area contributed by atoms with E-state index in [0.29, 0.717) is 48.5 Å². The molecule has 0 spiro atoms. The van der Waals surface area contributed by atoms with Crippen LogP contribution in [0.5, 0.6) is 0 Å². The molecule has 1 aromatic carbocycles. The number of hydrogen-bond donors (Lipinski definition) is 0. The third-order valence-corrected chi connectivity index (χ3v) is 6.78. The number of amides is 2. The zero-order valence-electron chi connectivity index (χ0n) is 19.0. The van der Waals surface area contributed by atoms with Gasteiger partial charge in [0.05, 0.1) is 43.6 Å². The van der Waals surface area contributed by atoms with Gasteiger partial charge in [-0.15, -0.1) is 10.2 Å². The van der Waals surface area contributed by atoms with Crippen molar-refractivity contribution in [2.24, 2.45) is 4.99 Å². The van der Waals surface area contributed by atoms with E-state index < -0.39 is 5.60 Å². The number of methoxy groups -OCH3 is 1. The van der Waals surface area contributed by atoms with Crippen molar-refractivity contribution in [2.75, 3.05) is 49.8 Å². The van der Waals surface area contributed by atoms with Gasteiger partial charge in [0, 0.05) is 31.3 Å². The van der Waals surface area contributed by atoms with Gasteiger partial charge in [-0.05, 0) is 31.5 Å². The van der Waals surface area contributed by atoms with Crippen molar-refractivity contribution in [1.82, 2.24) is 15.1 Å². The number of rotatable bonds is 5. The topological polar surface area (TPSA) is 83.4 Å². The fourth-order valence-corrected chi connectivity index (χ4v) is 4.37. The first-order chi connectivity index (χ1) is 15.9. The van der Waals surface area contributed by atoms with Crippen LogP contribution in [0.2, 0.25) is 5.02 Å². The molecule has 0 bridgehead atoms. The fraction of sp³-hybridized carbons (Fsp3) is 0.478. The summed E-state index contributed by atoms with van der Waals surface area (Å²) in [5.74, 6) is 1.28. The first kappa shape index (κ1) is 22.1. The number of morpholine rings is 1. The number of nitrogens with zero attached hydrogens (tertiary/aromatic N) is 6. The van der Waals surface area contributed by atoms with Crippen LogP contribution in [0.1, 0.15) is 25.1 Å². The summed E-state index contributed by atoms with van der Waals surface area (Å²) in [5.41, 5.74) is 1.76. The normalized spacial score (nSPS) is 20.6. The lowest BCUT2D eigenvalue weighted by molar-refractivity contribution is 0.00209. The summed E-state index contributed by atoms with van der Waals surface area (Å²) in [6.45, 7) is 7.51. The predicted molar refractivity (Wildman–Crippen MR) is 126 cm³/mol. The Morgan fingerprint density at radius 1 is 1.18 bits per heavy atom. The number of amidine groups is 1. The van der Waals surface area contributed by atoms with Gasteiger partial charge >= 0.3 is 6.03 Å². The Kier molecular flexibility index (Phi) is 5.72. The maximum atomic E-state index is 13.7. The summed E-state index contributed by atoms with van der Waals surface area (Å²) < 4.78 is 11.1. The molecule has 0 aliphatic carbocycles. The monoisotopic (exact) mass is 470 g/mol. The molecule has 1 aromatic heterocycles. The van der Waals surface area contributed by atoms with Crippen molar-refractivity contribution < 1.29 is 14.3 Å². The number of hydrogen-bond acceptors (Lipinski definition) is 7. The maximum Gasteiger partial charge on any atom is 0.330 e. The minimum absolute atomic E-state index is 0.133. The Balaban J connectivity index is 1.56. The van der Waals surface area contributed by atoms with Crippen LogP contribution >= 0.6 is 11.6 Å². The van der Waals surface area contributed by atoms with Crippen LogP contribution in [0.15, 0.2) is 35.3 Å². The molecule has 9 nitrogen and oxygen atoms in total. The van der Waals surface area contributed by atoms with E-state index in [1.165, 1.54) is 0 Å². The molecule has 4 heterocycles. The molecule has 1 unspecified atom stereocenters. The molecular formula is C23H27ClN6O3. The predicted octanol–water partition coefficient (Wildman–Crippen LogP) is 2.96. The van der Waals surface area contributed by atoms with E-state index in [0.717, 1.165) is 24.5 Å². The second-order valence-electron chi connectivity index (χ2n) is 8.92. The molecule has 33 heavy (non-hydrogen) atoms. The molecule has 0 saturated carbocycles. The van der Waals surface area contributed by atoms with Crippen LogP contribution in [-0.4, -0.2) is 78.6 Å². The SMILES string of the molecule is COC(C)(C)C1CN2C(=O)N(Cc3ccc(Cl)cc3)c3cc(N4CCOCC4)nnc3C2=N1. The summed E-state index contributed by atoms with van der Waals surface area (Å²) in [5, 5.41) is 9.70. The molecule has 0 radical (unpaired) electrons. The van der Waals surface area contributed by atoms with Crippen molar-refractivity contribution in [1.29, 1.82) is 0 Å². The van der Waals surface area contributed by atoms with E-state index in [9.17, 15) is 4.79 Å². The van der Waals surface area contributed by atoms with Crippen LogP contribution in [0, 0.1) is 0 Å². The van der Waals surface area contributed by atoms with E-state index >= 15 is 0 Å². The molecule has 3 aliphatic rings. The minimum atomic E-state index is -0.521. The van der Waals surface area contributed by atoms with E-state index in [1.807, 2.05) is 44.2 Å². The molecule has 0 N–H and O–H groups in total. The molecule has 1 saturated heterocycles. The van der Waals surface area contributed by atoms with Crippen LogP contribution in [-0.2, 0) is 16.0 Å². The Morgan fingerprint density at radius 3 is 2.61 bits per heavy atom. The lowest BCUT2D eigenvalue weighted by atomic mass is 10.00. The Hall–Kier alpha value is -2.75. The third kappa shape index (κ3) is 4.05. The molecular weight excluding hydrogens is 444 g/mol. The highest BCUT2D eigenvalue weighted by atomic mass is 35.5. The molecule has 5 rings (SSSR count). The number of halogens is 1. The number of carbonyl (C=O) groups excluding carboxylic acids is 1. The summed E-state index contributed by atoms with van der Waals surface area (Å²) in [6, 6.07) is 9.12. The minimum Gasteiger partial charge on any atom is -0.378 e. The summed E-state index contributed by atoms with van der Waals surface area (Å²) in [6.07, 6.45) is 0. The van der Waals surface area contributed by atoms with Gasteiger partial charge < -0.3 is 14.4 Å². The van der Waals surface area contributed by atoms with Gasteiger partial charge in [0.1, 0.15) is 0 Å². The second kappa shape index (κ2) is 8.55. The van der Waals surface area contributed by atoms with Crippen molar-refractivity contribution >= 4 is 35.0 Å².